The Bertz CT molecular complexity index is 823. The lowest BCUT2D eigenvalue weighted by molar-refractivity contribution is 0.0416. The lowest BCUT2D eigenvalue weighted by Crippen LogP contribution is -2.42. The van der Waals surface area contributed by atoms with Crippen LogP contribution in [-0.4, -0.2) is 50.2 Å². The van der Waals surface area contributed by atoms with E-state index in [-0.39, 0.29) is 5.78 Å². The highest BCUT2D eigenvalue weighted by molar-refractivity contribution is 6.07. The predicted molar refractivity (Wildman–Crippen MR) is 101 cm³/mol. The summed E-state index contributed by atoms with van der Waals surface area (Å²) < 4.78 is 15.8. The number of morpholine rings is 1. The van der Waals surface area contributed by atoms with Crippen LogP contribution in [-0.2, 0) is 4.74 Å². The lowest BCUT2D eigenvalue weighted by Gasteiger charge is -2.26. The van der Waals surface area contributed by atoms with E-state index in [1.54, 1.807) is 60.6 Å². The summed E-state index contributed by atoms with van der Waals surface area (Å²) in [5.74, 6) is 0.954. The molecule has 2 aromatic rings. The number of carbonyl (C=O) groups is 2. The molecule has 0 bridgehead atoms. The number of carbonyl (C=O) groups excluding carboxylic acids is 2. The Balaban J connectivity index is 1.70. The average molecular weight is 367 g/mol. The molecule has 1 aliphatic heterocycles. The summed E-state index contributed by atoms with van der Waals surface area (Å²) in [6, 6.07) is 14.0. The molecule has 140 valence electrons. The van der Waals surface area contributed by atoms with Crippen molar-refractivity contribution in [1.29, 1.82) is 0 Å². The van der Waals surface area contributed by atoms with Gasteiger partial charge in [0.05, 0.1) is 20.3 Å². The molecule has 0 N–H and O–H groups in total. The number of hydrogen-bond donors (Lipinski definition) is 0. The second kappa shape index (κ2) is 9.00. The van der Waals surface area contributed by atoms with E-state index in [2.05, 4.69) is 0 Å². The van der Waals surface area contributed by atoms with E-state index in [0.29, 0.717) is 48.9 Å². The van der Waals surface area contributed by atoms with Crippen LogP contribution in [0.2, 0.25) is 0 Å². The molecular weight excluding hydrogens is 346 g/mol. The molecule has 0 unspecified atom stereocenters. The van der Waals surface area contributed by atoms with Gasteiger partial charge >= 0.3 is 6.09 Å². The summed E-state index contributed by atoms with van der Waals surface area (Å²) in [5, 5.41) is 0. The van der Waals surface area contributed by atoms with Gasteiger partial charge in [0.1, 0.15) is 11.5 Å². The first-order valence-corrected chi connectivity index (χ1v) is 8.67. The zero-order chi connectivity index (χ0) is 19.1. The van der Waals surface area contributed by atoms with Gasteiger partial charge in [0.15, 0.2) is 5.78 Å². The van der Waals surface area contributed by atoms with Crippen molar-refractivity contribution >= 4 is 18.0 Å². The maximum absolute atomic E-state index is 12.3. The van der Waals surface area contributed by atoms with Crippen molar-refractivity contribution in [3.8, 4) is 11.5 Å². The first-order valence-electron chi connectivity index (χ1n) is 8.67. The molecule has 1 fully saturated rings. The Hall–Kier alpha value is -3.12. The molecule has 1 saturated heterocycles. The Kier molecular flexibility index (Phi) is 6.22. The van der Waals surface area contributed by atoms with Crippen LogP contribution in [0.15, 0.2) is 54.6 Å². The van der Waals surface area contributed by atoms with E-state index in [1.165, 1.54) is 6.08 Å². The summed E-state index contributed by atoms with van der Waals surface area (Å²) in [6.07, 6.45) is 2.69. The van der Waals surface area contributed by atoms with E-state index in [9.17, 15) is 9.59 Å². The number of ketones is 1. The molecule has 0 radical (unpaired) electrons. The van der Waals surface area contributed by atoms with Crippen molar-refractivity contribution in [1.82, 2.24) is 4.90 Å². The van der Waals surface area contributed by atoms with Gasteiger partial charge in [0.25, 0.3) is 0 Å². The van der Waals surface area contributed by atoms with Crippen LogP contribution in [0.1, 0.15) is 15.9 Å². The van der Waals surface area contributed by atoms with E-state index in [4.69, 9.17) is 14.2 Å². The molecule has 1 amide bonds. The van der Waals surface area contributed by atoms with E-state index >= 15 is 0 Å². The SMILES string of the molecule is COc1ccc(C(=O)/C=C/c2ccccc2OC(=O)N2CCOCC2)cc1. The Morgan fingerprint density at radius 2 is 1.74 bits per heavy atom. The number of rotatable bonds is 5. The minimum atomic E-state index is -0.416. The second-order valence-corrected chi connectivity index (χ2v) is 5.93. The van der Waals surface area contributed by atoms with Gasteiger partial charge in [-0.3, -0.25) is 4.79 Å². The molecule has 1 heterocycles. The fraction of sp³-hybridized carbons (Fsp3) is 0.238. The number of allylic oxidation sites excluding steroid dienone is 1. The molecule has 0 atom stereocenters. The highest BCUT2D eigenvalue weighted by atomic mass is 16.6. The van der Waals surface area contributed by atoms with Crippen LogP contribution in [0, 0.1) is 0 Å². The number of benzene rings is 2. The number of amides is 1. The monoisotopic (exact) mass is 367 g/mol. The van der Waals surface area contributed by atoms with Gasteiger partial charge in [0, 0.05) is 24.2 Å². The minimum Gasteiger partial charge on any atom is -0.497 e. The molecular formula is C21H21NO5. The van der Waals surface area contributed by atoms with Crippen LogP contribution >= 0.6 is 0 Å². The highest BCUT2D eigenvalue weighted by Crippen LogP contribution is 2.21. The van der Waals surface area contributed by atoms with Crippen LogP contribution in [0.25, 0.3) is 6.08 Å². The zero-order valence-corrected chi connectivity index (χ0v) is 15.1. The summed E-state index contributed by atoms with van der Waals surface area (Å²) in [4.78, 5) is 26.2. The fourth-order valence-electron chi connectivity index (χ4n) is 2.63. The Morgan fingerprint density at radius 3 is 2.44 bits per heavy atom. The van der Waals surface area contributed by atoms with Crippen molar-refractivity contribution in [2.24, 2.45) is 0 Å². The normalized spacial score (nSPS) is 14.2. The largest absolute Gasteiger partial charge is 0.497 e. The molecule has 1 aliphatic rings. The Labute approximate surface area is 158 Å². The van der Waals surface area contributed by atoms with Gasteiger partial charge in [-0.2, -0.15) is 0 Å². The van der Waals surface area contributed by atoms with E-state index in [0.717, 1.165) is 0 Å². The van der Waals surface area contributed by atoms with Gasteiger partial charge in [-0.05, 0) is 42.5 Å². The smallest absolute Gasteiger partial charge is 0.415 e. The van der Waals surface area contributed by atoms with Gasteiger partial charge in [0.2, 0.25) is 0 Å². The van der Waals surface area contributed by atoms with Crippen molar-refractivity contribution in [2.75, 3.05) is 33.4 Å². The average Bonchev–Trinajstić information content (AvgIpc) is 2.73. The van der Waals surface area contributed by atoms with Gasteiger partial charge in [-0.15, -0.1) is 0 Å². The molecule has 0 saturated carbocycles. The van der Waals surface area contributed by atoms with Gasteiger partial charge in [-0.25, -0.2) is 4.79 Å². The van der Waals surface area contributed by atoms with Crippen molar-refractivity contribution in [2.45, 2.75) is 0 Å². The first kappa shape index (κ1) is 18.7. The predicted octanol–water partition coefficient (Wildman–Crippen LogP) is 3.42. The molecule has 6 heteroatoms. The zero-order valence-electron chi connectivity index (χ0n) is 15.1. The molecule has 0 aliphatic carbocycles. The summed E-state index contributed by atoms with van der Waals surface area (Å²) in [6.45, 7) is 2.03. The number of nitrogens with zero attached hydrogens (tertiary/aromatic N) is 1. The number of ether oxygens (including phenoxy) is 3. The molecule has 2 aromatic carbocycles. The van der Waals surface area contributed by atoms with Gasteiger partial charge < -0.3 is 19.1 Å². The minimum absolute atomic E-state index is 0.146. The standard InChI is InChI=1S/C21H21NO5/c1-25-18-9-6-16(7-10-18)19(23)11-8-17-4-2-3-5-20(17)27-21(24)22-12-14-26-15-13-22/h2-11H,12-15H2,1H3/b11-8+. The molecule has 3 rings (SSSR count). The van der Waals surface area contributed by atoms with E-state index < -0.39 is 6.09 Å². The number of hydrogen-bond acceptors (Lipinski definition) is 5. The lowest BCUT2D eigenvalue weighted by atomic mass is 10.1. The number of para-hydroxylation sites is 1. The van der Waals surface area contributed by atoms with E-state index in [1.807, 2.05) is 6.07 Å². The molecule has 6 nitrogen and oxygen atoms in total. The van der Waals surface area contributed by atoms with Crippen LogP contribution in [0.5, 0.6) is 11.5 Å². The summed E-state index contributed by atoms with van der Waals surface area (Å²) in [5.41, 5.74) is 1.20. The quantitative estimate of drug-likeness (QED) is 0.598. The van der Waals surface area contributed by atoms with Crippen LogP contribution in [0.4, 0.5) is 4.79 Å². The Morgan fingerprint density at radius 1 is 1.04 bits per heavy atom. The summed E-state index contributed by atoms with van der Waals surface area (Å²) in [7, 11) is 1.58. The molecule has 27 heavy (non-hydrogen) atoms. The molecule has 0 spiro atoms. The third-order valence-corrected chi connectivity index (χ3v) is 4.17. The maximum atomic E-state index is 12.3. The summed E-state index contributed by atoms with van der Waals surface area (Å²) >= 11 is 0. The van der Waals surface area contributed by atoms with Crippen molar-refractivity contribution in [3.05, 3.63) is 65.7 Å². The third kappa shape index (κ3) is 4.95. The highest BCUT2D eigenvalue weighted by Gasteiger charge is 2.19. The maximum Gasteiger partial charge on any atom is 0.415 e. The number of methoxy groups -OCH3 is 1. The fourth-order valence-corrected chi connectivity index (χ4v) is 2.63. The topological polar surface area (TPSA) is 65.1 Å². The first-order chi connectivity index (χ1) is 13.2. The van der Waals surface area contributed by atoms with Crippen molar-refractivity contribution in [3.63, 3.8) is 0 Å². The molecule has 0 aromatic heterocycles. The van der Waals surface area contributed by atoms with Gasteiger partial charge in [-0.1, -0.05) is 18.2 Å². The van der Waals surface area contributed by atoms with Crippen molar-refractivity contribution < 1.29 is 23.8 Å². The second-order valence-electron chi connectivity index (χ2n) is 5.93. The van der Waals surface area contributed by atoms with Crippen LogP contribution in [0.3, 0.4) is 0 Å². The third-order valence-electron chi connectivity index (χ3n) is 4.17. The van der Waals surface area contributed by atoms with Crippen LogP contribution < -0.4 is 9.47 Å².